The summed E-state index contributed by atoms with van der Waals surface area (Å²) < 4.78 is 1.39. The predicted molar refractivity (Wildman–Crippen MR) is 107 cm³/mol. The molecule has 0 N–H and O–H groups in total. The highest BCUT2D eigenvalue weighted by molar-refractivity contribution is 6.35. The summed E-state index contributed by atoms with van der Waals surface area (Å²) in [7, 11) is 0. The van der Waals surface area contributed by atoms with Crippen LogP contribution >= 0.6 is 23.2 Å². The second-order valence-electron chi connectivity index (χ2n) is 6.70. The fourth-order valence-corrected chi connectivity index (χ4v) is 3.76. The van der Waals surface area contributed by atoms with Crippen LogP contribution in [0.25, 0.3) is 0 Å². The van der Waals surface area contributed by atoms with Crippen molar-refractivity contribution in [3.8, 4) is 0 Å². The van der Waals surface area contributed by atoms with Crippen LogP contribution in [0.1, 0.15) is 24.9 Å². The molecule has 3 rings (SSSR count). The van der Waals surface area contributed by atoms with Gasteiger partial charge in [-0.25, -0.2) is 0 Å². The molecule has 2 heterocycles. The minimum absolute atomic E-state index is 0.0651. The minimum atomic E-state index is -0.536. The number of amides is 1. The number of carbonyl (C=O) groups excluding carboxylic acids is 1. The normalized spacial score (nSPS) is 16.2. The molecule has 10 heteroatoms. The van der Waals surface area contributed by atoms with E-state index in [0.29, 0.717) is 36.1 Å². The number of carbonyl (C=O) groups is 1. The molecule has 0 spiro atoms. The van der Waals surface area contributed by atoms with Crippen molar-refractivity contribution in [3.63, 3.8) is 0 Å². The van der Waals surface area contributed by atoms with Crippen LogP contribution < -0.4 is 0 Å². The summed E-state index contributed by atoms with van der Waals surface area (Å²) in [6.07, 6.45) is 2.99. The highest BCUT2D eigenvalue weighted by atomic mass is 35.5. The molecule has 1 aromatic carbocycles. The fraction of sp³-hybridized carbons (Fsp3) is 0.444. The average Bonchev–Trinajstić information content (AvgIpc) is 3.15. The van der Waals surface area contributed by atoms with E-state index in [1.54, 1.807) is 11.0 Å². The van der Waals surface area contributed by atoms with Crippen LogP contribution in [0.2, 0.25) is 10.0 Å². The number of piperazine rings is 1. The number of aromatic nitrogens is 2. The number of nitro groups is 1. The Morgan fingerprint density at radius 1 is 1.29 bits per heavy atom. The fourth-order valence-electron chi connectivity index (χ4n) is 3.30. The summed E-state index contributed by atoms with van der Waals surface area (Å²) in [6.45, 7) is 5.18. The molecule has 150 valence electrons. The van der Waals surface area contributed by atoms with E-state index in [1.807, 2.05) is 19.1 Å². The van der Waals surface area contributed by atoms with Gasteiger partial charge in [-0.05, 0) is 24.1 Å². The van der Waals surface area contributed by atoms with E-state index in [9.17, 15) is 14.9 Å². The van der Waals surface area contributed by atoms with Crippen LogP contribution in [0.4, 0.5) is 5.69 Å². The number of hydrogen-bond acceptors (Lipinski definition) is 5. The molecule has 0 saturated carbocycles. The van der Waals surface area contributed by atoms with Gasteiger partial charge < -0.3 is 4.90 Å². The maximum atomic E-state index is 12.9. The molecule has 1 unspecified atom stereocenters. The van der Waals surface area contributed by atoms with E-state index in [0.717, 1.165) is 18.7 Å². The van der Waals surface area contributed by atoms with Crippen molar-refractivity contribution in [1.29, 1.82) is 0 Å². The van der Waals surface area contributed by atoms with E-state index in [2.05, 4.69) is 10.00 Å². The Hall–Kier alpha value is -2.16. The van der Waals surface area contributed by atoms with Crippen molar-refractivity contribution in [3.05, 3.63) is 56.3 Å². The van der Waals surface area contributed by atoms with Crippen LogP contribution in [0, 0.1) is 10.1 Å². The molecular weight excluding hydrogens is 405 g/mol. The Morgan fingerprint density at radius 2 is 2.00 bits per heavy atom. The second kappa shape index (κ2) is 8.89. The zero-order chi connectivity index (χ0) is 20.3. The molecule has 28 heavy (non-hydrogen) atoms. The molecule has 1 fully saturated rings. The topological polar surface area (TPSA) is 84.5 Å². The Balaban J connectivity index is 1.59. The quantitative estimate of drug-likeness (QED) is 0.522. The monoisotopic (exact) mass is 425 g/mol. The molecule has 1 saturated heterocycles. The van der Waals surface area contributed by atoms with Crippen LogP contribution in [0.3, 0.4) is 0 Å². The lowest BCUT2D eigenvalue weighted by molar-refractivity contribution is -0.385. The first-order chi connectivity index (χ1) is 13.4. The molecule has 0 aliphatic carbocycles. The molecule has 0 bridgehead atoms. The average molecular weight is 426 g/mol. The summed E-state index contributed by atoms with van der Waals surface area (Å²) in [5.41, 5.74) is 0.886. The van der Waals surface area contributed by atoms with Gasteiger partial charge in [0, 0.05) is 42.8 Å². The van der Waals surface area contributed by atoms with Gasteiger partial charge in [0.25, 0.3) is 0 Å². The number of halogens is 2. The van der Waals surface area contributed by atoms with Crippen molar-refractivity contribution in [1.82, 2.24) is 19.6 Å². The Kier molecular flexibility index (Phi) is 6.53. The van der Waals surface area contributed by atoms with Crippen molar-refractivity contribution in [2.75, 3.05) is 26.2 Å². The maximum Gasteiger partial charge on any atom is 0.307 e. The molecule has 1 atom stereocenters. The molecule has 2 aromatic rings. The van der Waals surface area contributed by atoms with Crippen molar-refractivity contribution in [2.24, 2.45) is 0 Å². The van der Waals surface area contributed by atoms with Gasteiger partial charge in [-0.3, -0.25) is 24.5 Å². The summed E-state index contributed by atoms with van der Waals surface area (Å²) in [6, 6.07) is 4.93. The first kappa shape index (κ1) is 20.6. The predicted octanol–water partition coefficient (Wildman–Crippen LogP) is 3.39. The van der Waals surface area contributed by atoms with Crippen LogP contribution in [0.15, 0.2) is 30.6 Å². The number of rotatable bonds is 6. The van der Waals surface area contributed by atoms with Gasteiger partial charge in [0.15, 0.2) is 0 Å². The minimum Gasteiger partial charge on any atom is -0.338 e. The Bertz CT molecular complexity index is 865. The van der Waals surface area contributed by atoms with Crippen molar-refractivity contribution >= 4 is 34.8 Å². The van der Waals surface area contributed by atoms with Gasteiger partial charge in [0.1, 0.15) is 18.4 Å². The largest absolute Gasteiger partial charge is 0.338 e. The summed E-state index contributed by atoms with van der Waals surface area (Å²) >= 11 is 12.2. The van der Waals surface area contributed by atoms with Crippen molar-refractivity contribution in [2.45, 2.75) is 25.9 Å². The number of nitrogens with zero attached hydrogens (tertiary/aromatic N) is 5. The Morgan fingerprint density at radius 3 is 2.57 bits per heavy atom. The molecule has 1 aliphatic heterocycles. The van der Waals surface area contributed by atoms with Crippen LogP contribution in [0.5, 0.6) is 0 Å². The first-order valence-electron chi connectivity index (χ1n) is 9.02. The molecule has 1 amide bonds. The lowest BCUT2D eigenvalue weighted by atomic mass is 10.1. The highest BCUT2D eigenvalue weighted by Gasteiger charge is 2.29. The molecule has 0 radical (unpaired) electrons. The standard InChI is InChI=1S/C18H21Cl2N5O3/c1-2-17(24-12-15(10-21-24)25(27)28)18(26)23-7-5-22(6-8-23)11-13-3-4-14(19)9-16(13)20/h3-4,9-10,12,17H,2,5-8,11H2,1H3. The van der Waals surface area contributed by atoms with Gasteiger partial charge in [-0.15, -0.1) is 0 Å². The lowest BCUT2D eigenvalue weighted by Crippen LogP contribution is -2.50. The third-order valence-electron chi connectivity index (χ3n) is 4.88. The zero-order valence-electron chi connectivity index (χ0n) is 15.4. The van der Waals surface area contributed by atoms with E-state index in [-0.39, 0.29) is 11.6 Å². The van der Waals surface area contributed by atoms with Gasteiger partial charge in [0.05, 0.1) is 4.92 Å². The first-order valence-corrected chi connectivity index (χ1v) is 9.78. The number of hydrogen-bond donors (Lipinski definition) is 0. The summed E-state index contributed by atoms with van der Waals surface area (Å²) in [5, 5.41) is 16.1. The van der Waals surface area contributed by atoms with Gasteiger partial charge in [0.2, 0.25) is 5.91 Å². The van der Waals surface area contributed by atoms with E-state index >= 15 is 0 Å². The molecule has 8 nitrogen and oxygen atoms in total. The third-order valence-corrected chi connectivity index (χ3v) is 5.47. The smallest absolute Gasteiger partial charge is 0.307 e. The van der Waals surface area contributed by atoms with E-state index in [1.165, 1.54) is 17.1 Å². The van der Waals surface area contributed by atoms with Crippen LogP contribution in [-0.4, -0.2) is 56.6 Å². The Labute approximate surface area is 172 Å². The highest BCUT2D eigenvalue weighted by Crippen LogP contribution is 2.23. The number of benzene rings is 1. The van der Waals surface area contributed by atoms with Crippen LogP contribution in [-0.2, 0) is 11.3 Å². The summed E-state index contributed by atoms with van der Waals surface area (Å²) in [4.78, 5) is 27.3. The lowest BCUT2D eigenvalue weighted by Gasteiger charge is -2.36. The van der Waals surface area contributed by atoms with Gasteiger partial charge in [-0.1, -0.05) is 36.2 Å². The maximum absolute atomic E-state index is 12.9. The third kappa shape index (κ3) is 4.63. The van der Waals surface area contributed by atoms with Crippen molar-refractivity contribution < 1.29 is 9.72 Å². The molecule has 1 aliphatic rings. The second-order valence-corrected chi connectivity index (χ2v) is 7.54. The SMILES string of the molecule is CCC(C(=O)N1CCN(Cc2ccc(Cl)cc2Cl)CC1)n1cc([N+](=O)[O-])cn1. The molecule has 1 aromatic heterocycles. The van der Waals surface area contributed by atoms with Gasteiger partial charge >= 0.3 is 5.69 Å². The zero-order valence-corrected chi connectivity index (χ0v) is 16.9. The summed E-state index contributed by atoms with van der Waals surface area (Å²) in [5.74, 6) is -0.0651. The molecular formula is C18H21Cl2N5O3. The van der Waals surface area contributed by atoms with E-state index in [4.69, 9.17) is 23.2 Å². The van der Waals surface area contributed by atoms with E-state index < -0.39 is 11.0 Å². The van der Waals surface area contributed by atoms with Gasteiger partial charge in [-0.2, -0.15) is 5.10 Å².